The second kappa shape index (κ2) is 8.14. The number of fused-ring (bicyclic) bond motifs is 6. The number of aromatic nitrogens is 2. The first-order chi connectivity index (χ1) is 14.8. The minimum Gasteiger partial charge on any atom is -0.333 e. The quantitative estimate of drug-likeness (QED) is 0.150. The Bertz CT molecular complexity index is 1430. The van der Waals surface area contributed by atoms with E-state index in [0.717, 1.165) is 16.7 Å². The number of aryl methyl sites for hydroxylation is 2. The van der Waals surface area contributed by atoms with E-state index >= 15 is 0 Å². The molecule has 0 N–H and O–H groups in total. The van der Waals surface area contributed by atoms with Crippen LogP contribution in [0.15, 0.2) is 60.8 Å². The van der Waals surface area contributed by atoms with Crippen molar-refractivity contribution in [2.45, 2.75) is 47.5 Å². The summed E-state index contributed by atoms with van der Waals surface area (Å²) in [7, 11) is 0. The van der Waals surface area contributed by atoms with Gasteiger partial charge in [0.05, 0.1) is 11.3 Å². The SMILES string of the molecule is Cc1cccc(C)c1-c1cnc2c3[c-]cccc3c3cc(C(C)C(C)(C)C)ccc3n12.[Ir]. The maximum Gasteiger partial charge on any atom is 0.0639 e. The van der Waals surface area contributed by atoms with Gasteiger partial charge in [-0.2, -0.15) is 0 Å². The van der Waals surface area contributed by atoms with Crippen molar-refractivity contribution < 1.29 is 20.1 Å². The number of nitrogens with zero attached hydrogens (tertiary/aromatic N) is 2. The summed E-state index contributed by atoms with van der Waals surface area (Å²) < 4.78 is 2.33. The Kier molecular flexibility index (Phi) is 5.77. The number of hydrogen-bond acceptors (Lipinski definition) is 1. The number of hydrogen-bond donors (Lipinski definition) is 0. The molecule has 1 atom stereocenters. The molecule has 2 nitrogen and oxygen atoms in total. The van der Waals surface area contributed by atoms with Crippen molar-refractivity contribution in [2.24, 2.45) is 5.41 Å². The van der Waals surface area contributed by atoms with Gasteiger partial charge in [0.1, 0.15) is 0 Å². The van der Waals surface area contributed by atoms with Gasteiger partial charge < -0.3 is 4.40 Å². The van der Waals surface area contributed by atoms with E-state index in [4.69, 9.17) is 4.98 Å². The molecule has 5 aromatic rings. The van der Waals surface area contributed by atoms with Gasteiger partial charge in [0, 0.05) is 37.4 Å². The number of benzene rings is 3. The number of pyridine rings is 1. The molecule has 32 heavy (non-hydrogen) atoms. The molecule has 0 spiro atoms. The van der Waals surface area contributed by atoms with Gasteiger partial charge >= 0.3 is 0 Å². The van der Waals surface area contributed by atoms with E-state index in [1.165, 1.54) is 38.5 Å². The molecule has 0 aliphatic carbocycles. The van der Waals surface area contributed by atoms with Gasteiger partial charge in [-0.15, -0.1) is 29.7 Å². The molecule has 165 valence electrons. The molecule has 0 fully saturated rings. The first-order valence-electron chi connectivity index (χ1n) is 11.1. The molecule has 0 saturated heterocycles. The van der Waals surface area contributed by atoms with Gasteiger partial charge in [-0.05, 0) is 53.3 Å². The summed E-state index contributed by atoms with van der Waals surface area (Å²) >= 11 is 0. The van der Waals surface area contributed by atoms with Crippen LogP contribution in [0.4, 0.5) is 0 Å². The van der Waals surface area contributed by atoms with Gasteiger partial charge in [-0.1, -0.05) is 63.4 Å². The maximum atomic E-state index is 4.88. The number of imidazole rings is 1. The summed E-state index contributed by atoms with van der Waals surface area (Å²) in [4.78, 5) is 4.88. The van der Waals surface area contributed by atoms with E-state index < -0.39 is 0 Å². The van der Waals surface area contributed by atoms with Crippen LogP contribution in [0.2, 0.25) is 0 Å². The summed E-state index contributed by atoms with van der Waals surface area (Å²) in [5.74, 6) is 0.455. The summed E-state index contributed by atoms with van der Waals surface area (Å²) in [6.07, 6.45) is 2.02. The van der Waals surface area contributed by atoms with Crippen LogP contribution >= 0.6 is 0 Å². The Balaban J connectivity index is 0.00000245. The van der Waals surface area contributed by atoms with Crippen molar-refractivity contribution in [3.05, 3.63) is 83.6 Å². The second-order valence-electron chi connectivity index (χ2n) is 9.89. The number of rotatable bonds is 2. The third kappa shape index (κ3) is 3.49. The van der Waals surface area contributed by atoms with Crippen LogP contribution in [0, 0.1) is 25.3 Å². The van der Waals surface area contributed by atoms with Gasteiger partial charge in [-0.3, -0.25) is 4.98 Å². The molecule has 0 bridgehead atoms. The van der Waals surface area contributed by atoms with Crippen LogP contribution in [-0.4, -0.2) is 9.38 Å². The van der Waals surface area contributed by atoms with Crippen molar-refractivity contribution in [1.29, 1.82) is 0 Å². The normalized spacial score (nSPS) is 12.9. The molecule has 0 amide bonds. The third-order valence-corrected chi connectivity index (χ3v) is 6.93. The third-order valence-electron chi connectivity index (χ3n) is 6.93. The molecular formula is C29H29IrN2-. The van der Waals surface area contributed by atoms with E-state index in [2.05, 4.69) is 101 Å². The smallest absolute Gasteiger partial charge is 0.0639 e. The Labute approximate surface area is 204 Å². The summed E-state index contributed by atoms with van der Waals surface area (Å²) in [5.41, 5.74) is 8.69. The molecular weight excluding hydrogens is 569 g/mol. The van der Waals surface area contributed by atoms with E-state index in [9.17, 15) is 0 Å². The fourth-order valence-corrected chi connectivity index (χ4v) is 4.75. The average Bonchev–Trinajstić information content (AvgIpc) is 3.17. The zero-order valence-electron chi connectivity index (χ0n) is 19.6. The molecule has 0 aliphatic rings. The molecule has 0 aliphatic heterocycles. The maximum absolute atomic E-state index is 4.88. The predicted molar refractivity (Wildman–Crippen MR) is 132 cm³/mol. The fourth-order valence-electron chi connectivity index (χ4n) is 4.75. The molecule has 5 rings (SSSR count). The largest absolute Gasteiger partial charge is 0.333 e. The van der Waals surface area contributed by atoms with Crippen LogP contribution < -0.4 is 0 Å². The van der Waals surface area contributed by atoms with Gasteiger partial charge in [-0.25, -0.2) is 0 Å². The standard InChI is InChI=1S/C29H29N2.Ir/c1-18-10-9-11-19(2)27(18)26-17-30-28-23-13-8-7-12-22(23)24-16-21(20(3)29(4,5)6)14-15-25(24)31(26)28;/h7-12,14-17,20H,1-6H3;/q-1;. The Hall–Kier alpha value is -2.48. The Morgan fingerprint density at radius 1 is 0.938 bits per heavy atom. The van der Waals surface area contributed by atoms with Crippen molar-refractivity contribution in [2.75, 3.05) is 0 Å². The van der Waals surface area contributed by atoms with E-state index in [-0.39, 0.29) is 25.5 Å². The zero-order valence-corrected chi connectivity index (χ0v) is 22.0. The minimum absolute atomic E-state index is 0. The van der Waals surface area contributed by atoms with Crippen LogP contribution in [0.1, 0.15) is 50.3 Å². The van der Waals surface area contributed by atoms with Crippen LogP contribution in [0.3, 0.4) is 0 Å². The van der Waals surface area contributed by atoms with Crippen LogP contribution in [0.25, 0.3) is 38.6 Å². The zero-order chi connectivity index (χ0) is 21.9. The first-order valence-corrected chi connectivity index (χ1v) is 11.1. The van der Waals surface area contributed by atoms with E-state index in [1.54, 1.807) is 0 Å². The van der Waals surface area contributed by atoms with Crippen molar-refractivity contribution in [1.82, 2.24) is 9.38 Å². The van der Waals surface area contributed by atoms with E-state index in [0.29, 0.717) is 5.92 Å². The second-order valence-corrected chi connectivity index (χ2v) is 9.89. The average molecular weight is 598 g/mol. The summed E-state index contributed by atoms with van der Waals surface area (Å²) in [6, 6.07) is 23.2. The molecule has 3 aromatic carbocycles. The Morgan fingerprint density at radius 3 is 2.34 bits per heavy atom. The molecule has 3 heteroatoms. The molecule has 1 unspecified atom stereocenters. The van der Waals surface area contributed by atoms with Crippen LogP contribution in [-0.2, 0) is 20.1 Å². The topological polar surface area (TPSA) is 17.3 Å². The first kappa shape index (κ1) is 22.7. The van der Waals surface area contributed by atoms with Crippen molar-refractivity contribution in [3.63, 3.8) is 0 Å². The fraction of sp³-hybridized carbons (Fsp3) is 0.276. The van der Waals surface area contributed by atoms with Gasteiger partial charge in [0.15, 0.2) is 0 Å². The van der Waals surface area contributed by atoms with E-state index in [1.807, 2.05) is 12.3 Å². The van der Waals surface area contributed by atoms with Crippen molar-refractivity contribution >= 4 is 27.3 Å². The summed E-state index contributed by atoms with van der Waals surface area (Å²) in [5, 5.41) is 3.55. The van der Waals surface area contributed by atoms with Crippen molar-refractivity contribution in [3.8, 4) is 11.3 Å². The minimum atomic E-state index is 0. The van der Waals surface area contributed by atoms with Gasteiger partial charge in [0.25, 0.3) is 0 Å². The Morgan fingerprint density at radius 2 is 1.66 bits per heavy atom. The molecule has 2 heterocycles. The molecule has 2 aromatic heterocycles. The van der Waals surface area contributed by atoms with Gasteiger partial charge in [0.2, 0.25) is 0 Å². The molecule has 1 radical (unpaired) electrons. The monoisotopic (exact) mass is 598 g/mol. The molecule has 0 saturated carbocycles. The predicted octanol–water partition coefficient (Wildman–Crippen LogP) is 7.87. The van der Waals surface area contributed by atoms with Crippen LogP contribution in [0.5, 0.6) is 0 Å². The summed E-state index contributed by atoms with van der Waals surface area (Å²) in [6.45, 7) is 13.6.